The number of nitrogens with two attached hydrogens (primary N) is 1. The molecule has 0 amide bonds. The summed E-state index contributed by atoms with van der Waals surface area (Å²) in [5.41, 5.74) is 5.68. The zero-order chi connectivity index (χ0) is 15.6. The summed E-state index contributed by atoms with van der Waals surface area (Å²) in [7, 11) is -3.98. The molecule has 118 valence electrons. The number of rotatable bonds is 4. The third-order valence-electron chi connectivity index (χ3n) is 3.62. The molecule has 8 heteroatoms. The van der Waals surface area contributed by atoms with Gasteiger partial charge in [0.1, 0.15) is 4.90 Å². The first-order valence-electron chi connectivity index (χ1n) is 6.65. The van der Waals surface area contributed by atoms with Crippen molar-refractivity contribution in [1.82, 2.24) is 4.72 Å². The highest BCUT2D eigenvalue weighted by Crippen LogP contribution is 2.30. The molecule has 1 aliphatic carbocycles. The third kappa shape index (κ3) is 3.83. The number of thioether (sulfide) groups is 1. The Labute approximate surface area is 133 Å². The maximum Gasteiger partial charge on any atom is 0.243 e. The Morgan fingerprint density at radius 2 is 2.05 bits per heavy atom. The van der Waals surface area contributed by atoms with Crippen LogP contribution in [0, 0.1) is 5.82 Å². The van der Waals surface area contributed by atoms with Crippen molar-refractivity contribution in [1.29, 1.82) is 0 Å². The minimum atomic E-state index is -3.98. The molecule has 0 spiro atoms. The van der Waals surface area contributed by atoms with Gasteiger partial charge in [-0.3, -0.25) is 0 Å². The predicted octanol–water partition coefficient (Wildman–Crippen LogP) is 3.01. The number of nitrogens with one attached hydrogen (secondary N) is 1. The SMILES string of the molecule is CSC1CCCCC1NS(=O)(=O)c1cc(N)cc(Cl)c1F. The molecule has 2 atom stereocenters. The molecule has 1 aliphatic rings. The van der Waals surface area contributed by atoms with Crippen LogP contribution < -0.4 is 10.5 Å². The van der Waals surface area contributed by atoms with Crippen molar-refractivity contribution in [3.8, 4) is 0 Å². The summed E-state index contributed by atoms with van der Waals surface area (Å²) >= 11 is 7.30. The van der Waals surface area contributed by atoms with E-state index in [0.717, 1.165) is 31.7 Å². The van der Waals surface area contributed by atoms with Crippen LogP contribution in [0.2, 0.25) is 5.02 Å². The fourth-order valence-electron chi connectivity index (χ4n) is 2.56. The normalized spacial score (nSPS) is 23.2. The van der Waals surface area contributed by atoms with Gasteiger partial charge in [-0.15, -0.1) is 0 Å². The van der Waals surface area contributed by atoms with Gasteiger partial charge in [-0.05, 0) is 31.2 Å². The molecule has 0 heterocycles. The van der Waals surface area contributed by atoms with Crippen LogP contribution in [0.25, 0.3) is 0 Å². The lowest BCUT2D eigenvalue weighted by molar-refractivity contribution is 0.422. The Hall–Kier alpha value is -0.500. The van der Waals surface area contributed by atoms with Gasteiger partial charge in [0.15, 0.2) is 5.82 Å². The van der Waals surface area contributed by atoms with E-state index in [2.05, 4.69) is 4.72 Å². The van der Waals surface area contributed by atoms with E-state index < -0.39 is 20.7 Å². The summed E-state index contributed by atoms with van der Waals surface area (Å²) in [6, 6.07) is 2.10. The molecular formula is C13H18ClFN2O2S2. The smallest absolute Gasteiger partial charge is 0.243 e. The number of benzene rings is 1. The first kappa shape index (κ1) is 16.9. The zero-order valence-corrected chi connectivity index (χ0v) is 14.0. The van der Waals surface area contributed by atoms with E-state index in [1.165, 1.54) is 6.07 Å². The summed E-state index contributed by atoms with van der Waals surface area (Å²) in [6.07, 6.45) is 5.71. The zero-order valence-electron chi connectivity index (χ0n) is 11.6. The molecule has 21 heavy (non-hydrogen) atoms. The van der Waals surface area contributed by atoms with Crippen molar-refractivity contribution in [2.75, 3.05) is 12.0 Å². The van der Waals surface area contributed by atoms with E-state index in [1.807, 2.05) is 6.26 Å². The van der Waals surface area contributed by atoms with Gasteiger partial charge in [0.05, 0.1) is 5.02 Å². The predicted molar refractivity (Wildman–Crippen MR) is 85.7 cm³/mol. The molecule has 0 aromatic heterocycles. The Morgan fingerprint density at radius 1 is 1.38 bits per heavy atom. The summed E-state index contributed by atoms with van der Waals surface area (Å²) in [6.45, 7) is 0. The van der Waals surface area contributed by atoms with Gasteiger partial charge in [0.2, 0.25) is 10.0 Å². The van der Waals surface area contributed by atoms with Crippen LogP contribution in [0.4, 0.5) is 10.1 Å². The fourth-order valence-corrected chi connectivity index (χ4v) is 5.31. The molecular weight excluding hydrogens is 335 g/mol. The Kier molecular flexibility index (Phi) is 5.40. The lowest BCUT2D eigenvalue weighted by Gasteiger charge is -2.30. The second-order valence-electron chi connectivity index (χ2n) is 5.10. The first-order chi connectivity index (χ1) is 9.85. The molecule has 2 unspecified atom stereocenters. The summed E-state index contributed by atoms with van der Waals surface area (Å²) in [5, 5.41) is -0.0893. The standard InChI is InChI=1S/C13H18ClFN2O2S2/c1-20-11-5-3-2-4-10(11)17-21(18,19)12-7-8(16)6-9(14)13(12)15/h6-7,10-11,17H,2-5,16H2,1H3. The molecule has 0 bridgehead atoms. The lowest BCUT2D eigenvalue weighted by Crippen LogP contribution is -2.43. The molecule has 4 nitrogen and oxygen atoms in total. The fraction of sp³-hybridized carbons (Fsp3) is 0.538. The molecule has 1 fully saturated rings. The van der Waals surface area contributed by atoms with E-state index >= 15 is 0 Å². The second-order valence-corrected chi connectivity index (χ2v) is 8.27. The van der Waals surface area contributed by atoms with Crippen LogP contribution in [0.3, 0.4) is 0 Å². The van der Waals surface area contributed by atoms with Crippen molar-refractivity contribution in [2.45, 2.75) is 41.9 Å². The van der Waals surface area contributed by atoms with Crippen LogP contribution in [-0.4, -0.2) is 26.0 Å². The minimum Gasteiger partial charge on any atom is -0.399 e. The number of sulfonamides is 1. The average Bonchev–Trinajstić information content (AvgIpc) is 2.43. The van der Waals surface area contributed by atoms with Gasteiger partial charge < -0.3 is 5.73 Å². The molecule has 0 saturated heterocycles. The van der Waals surface area contributed by atoms with E-state index in [-0.39, 0.29) is 22.0 Å². The molecule has 1 aromatic rings. The van der Waals surface area contributed by atoms with Crippen molar-refractivity contribution >= 4 is 39.1 Å². The van der Waals surface area contributed by atoms with Gasteiger partial charge in [-0.25, -0.2) is 17.5 Å². The molecule has 1 aromatic carbocycles. The van der Waals surface area contributed by atoms with E-state index in [9.17, 15) is 12.8 Å². The van der Waals surface area contributed by atoms with Gasteiger partial charge >= 0.3 is 0 Å². The molecule has 0 aliphatic heterocycles. The van der Waals surface area contributed by atoms with E-state index in [4.69, 9.17) is 17.3 Å². The maximum atomic E-state index is 14.0. The molecule has 0 radical (unpaired) electrons. The second kappa shape index (κ2) is 6.73. The van der Waals surface area contributed by atoms with E-state index in [1.54, 1.807) is 11.8 Å². The largest absolute Gasteiger partial charge is 0.399 e. The van der Waals surface area contributed by atoms with Gasteiger partial charge in [-0.1, -0.05) is 24.4 Å². The molecule has 2 rings (SSSR count). The van der Waals surface area contributed by atoms with Crippen LogP contribution in [0.15, 0.2) is 17.0 Å². The molecule has 3 N–H and O–H groups in total. The van der Waals surface area contributed by atoms with Crippen molar-refractivity contribution in [3.05, 3.63) is 23.0 Å². The quantitative estimate of drug-likeness (QED) is 0.817. The lowest BCUT2D eigenvalue weighted by atomic mass is 9.96. The Balaban J connectivity index is 2.30. The van der Waals surface area contributed by atoms with Gasteiger partial charge in [-0.2, -0.15) is 11.8 Å². The van der Waals surface area contributed by atoms with Crippen molar-refractivity contribution in [2.24, 2.45) is 0 Å². The number of hydrogen-bond acceptors (Lipinski definition) is 4. The summed E-state index contributed by atoms with van der Waals surface area (Å²) < 4.78 is 41.4. The van der Waals surface area contributed by atoms with Crippen LogP contribution in [-0.2, 0) is 10.0 Å². The molecule has 1 saturated carbocycles. The van der Waals surface area contributed by atoms with Crippen molar-refractivity contribution < 1.29 is 12.8 Å². The highest BCUT2D eigenvalue weighted by molar-refractivity contribution is 7.99. The maximum absolute atomic E-state index is 14.0. The Morgan fingerprint density at radius 3 is 2.71 bits per heavy atom. The van der Waals surface area contributed by atoms with E-state index in [0.29, 0.717) is 0 Å². The number of nitrogen functional groups attached to an aromatic ring is 1. The number of anilines is 1. The van der Waals surface area contributed by atoms with Crippen LogP contribution in [0.5, 0.6) is 0 Å². The Bertz CT molecular complexity index is 625. The highest BCUT2D eigenvalue weighted by Gasteiger charge is 2.31. The van der Waals surface area contributed by atoms with Crippen LogP contribution >= 0.6 is 23.4 Å². The monoisotopic (exact) mass is 352 g/mol. The third-order valence-corrected chi connectivity index (χ3v) is 6.55. The van der Waals surface area contributed by atoms with Gasteiger partial charge in [0.25, 0.3) is 0 Å². The minimum absolute atomic E-state index is 0.117. The highest BCUT2D eigenvalue weighted by atomic mass is 35.5. The number of halogens is 2. The van der Waals surface area contributed by atoms with Gasteiger partial charge in [0, 0.05) is 17.0 Å². The first-order valence-corrected chi connectivity index (χ1v) is 9.79. The summed E-state index contributed by atoms with van der Waals surface area (Å²) in [5.74, 6) is -0.963. The van der Waals surface area contributed by atoms with Crippen LogP contribution in [0.1, 0.15) is 25.7 Å². The summed E-state index contributed by atoms with van der Waals surface area (Å²) in [4.78, 5) is -0.488. The average molecular weight is 353 g/mol. The topological polar surface area (TPSA) is 72.2 Å². The van der Waals surface area contributed by atoms with Crippen molar-refractivity contribution in [3.63, 3.8) is 0 Å². The number of hydrogen-bond donors (Lipinski definition) is 2.